The number of hydrogen-bond donors (Lipinski definition) is 0. The summed E-state index contributed by atoms with van der Waals surface area (Å²) < 4.78 is 25.4. The van der Waals surface area contributed by atoms with Crippen LogP contribution < -0.4 is 0 Å². The standard InChI is InChI=1S/C28H27NOS/c1-28(2,3)16-17-13-14-29-22(15-17)20-9-6-8-18-19-11-12-24-25(27(19)30-26(18)20)21-7-4-5-10-23(21)31-24/h6,8-9,11-15H,4-5,7,10,16H2,1-3H3/i16D2. The first-order chi connectivity index (χ1) is 15.8. The number of thiophene rings is 1. The number of aryl methyl sites for hydroxylation is 2. The van der Waals surface area contributed by atoms with E-state index in [2.05, 4.69) is 23.2 Å². The minimum absolute atomic E-state index is 0.527. The van der Waals surface area contributed by atoms with E-state index in [0.717, 1.165) is 39.6 Å². The van der Waals surface area contributed by atoms with E-state index in [1.165, 1.54) is 39.8 Å². The van der Waals surface area contributed by atoms with Gasteiger partial charge < -0.3 is 4.42 Å². The van der Waals surface area contributed by atoms with Crippen molar-refractivity contribution in [2.75, 3.05) is 0 Å². The quantitative estimate of drug-likeness (QED) is 0.283. The van der Waals surface area contributed by atoms with Crippen molar-refractivity contribution in [2.45, 2.75) is 52.8 Å². The molecule has 0 aliphatic heterocycles. The zero-order valence-electron chi connectivity index (χ0n) is 20.2. The van der Waals surface area contributed by atoms with Gasteiger partial charge in [0.2, 0.25) is 0 Å². The number of benzene rings is 2. The van der Waals surface area contributed by atoms with Gasteiger partial charge in [0.25, 0.3) is 0 Å². The molecule has 2 nitrogen and oxygen atoms in total. The van der Waals surface area contributed by atoms with Crippen molar-refractivity contribution in [1.82, 2.24) is 4.98 Å². The third kappa shape index (κ3) is 3.18. The van der Waals surface area contributed by atoms with E-state index >= 15 is 0 Å². The molecule has 3 heteroatoms. The number of para-hydroxylation sites is 1. The van der Waals surface area contributed by atoms with Crippen molar-refractivity contribution in [1.29, 1.82) is 0 Å². The molecule has 0 fully saturated rings. The fourth-order valence-electron chi connectivity index (χ4n) is 4.89. The Morgan fingerprint density at radius 1 is 1.03 bits per heavy atom. The maximum absolute atomic E-state index is 8.71. The zero-order valence-corrected chi connectivity index (χ0v) is 19.0. The van der Waals surface area contributed by atoms with Crippen molar-refractivity contribution >= 4 is 43.4 Å². The summed E-state index contributed by atoms with van der Waals surface area (Å²) in [5, 5.41) is 3.53. The Morgan fingerprint density at radius 3 is 2.74 bits per heavy atom. The normalized spacial score (nSPS) is 16.0. The lowest BCUT2D eigenvalue weighted by atomic mass is 9.88. The average molecular weight is 428 g/mol. The summed E-state index contributed by atoms with van der Waals surface area (Å²) in [7, 11) is 0. The number of fused-ring (bicyclic) bond motifs is 7. The van der Waals surface area contributed by atoms with Gasteiger partial charge >= 0.3 is 0 Å². The van der Waals surface area contributed by atoms with Gasteiger partial charge in [-0.25, -0.2) is 0 Å². The van der Waals surface area contributed by atoms with Crippen LogP contribution in [0.3, 0.4) is 0 Å². The number of pyridine rings is 1. The minimum atomic E-state index is -1.48. The molecule has 156 valence electrons. The van der Waals surface area contributed by atoms with Gasteiger partial charge in [0.1, 0.15) is 11.2 Å². The lowest BCUT2D eigenvalue weighted by molar-refractivity contribution is 0.411. The fourth-order valence-corrected chi connectivity index (χ4v) is 6.19. The molecule has 1 aliphatic rings. The molecule has 0 amide bonds. The van der Waals surface area contributed by atoms with Crippen LogP contribution >= 0.6 is 11.3 Å². The molecule has 31 heavy (non-hydrogen) atoms. The summed E-state index contributed by atoms with van der Waals surface area (Å²) >= 11 is 1.92. The minimum Gasteiger partial charge on any atom is -0.455 e. The van der Waals surface area contributed by atoms with Gasteiger partial charge in [-0.1, -0.05) is 32.9 Å². The second-order valence-corrected chi connectivity index (χ2v) is 10.8. The molecule has 0 radical (unpaired) electrons. The second kappa shape index (κ2) is 6.93. The van der Waals surface area contributed by atoms with Gasteiger partial charge in [-0.05, 0) is 78.9 Å². The van der Waals surface area contributed by atoms with Crippen molar-refractivity contribution in [3.05, 3.63) is 64.7 Å². The molecular formula is C28H27NOS. The maximum Gasteiger partial charge on any atom is 0.144 e. The van der Waals surface area contributed by atoms with E-state index in [9.17, 15) is 0 Å². The number of furan rings is 1. The highest BCUT2D eigenvalue weighted by Gasteiger charge is 2.22. The van der Waals surface area contributed by atoms with Crippen LogP contribution in [-0.2, 0) is 19.2 Å². The Labute approximate surface area is 189 Å². The number of aromatic nitrogens is 1. The van der Waals surface area contributed by atoms with Crippen molar-refractivity contribution in [3.63, 3.8) is 0 Å². The summed E-state index contributed by atoms with van der Waals surface area (Å²) in [4.78, 5) is 6.14. The van der Waals surface area contributed by atoms with Gasteiger partial charge in [0.05, 0.1) is 5.69 Å². The Hall–Kier alpha value is -2.65. The predicted octanol–water partition coefficient (Wildman–Crippen LogP) is 8.33. The Kier molecular flexibility index (Phi) is 3.79. The van der Waals surface area contributed by atoms with Crippen molar-refractivity contribution in [2.24, 2.45) is 5.41 Å². The van der Waals surface area contributed by atoms with Crippen LogP contribution in [-0.4, -0.2) is 4.98 Å². The number of hydrogen-bond acceptors (Lipinski definition) is 3. The molecule has 1 aliphatic carbocycles. The Bertz CT molecular complexity index is 1540. The summed E-state index contributed by atoms with van der Waals surface area (Å²) in [5.74, 6) is 0. The SMILES string of the molecule is [2H]C([2H])(c1ccnc(-c2cccc3c2oc2c3ccc3sc4c(c32)CCCC4)c1)C(C)(C)C. The Balaban J connectivity index is 1.59. The van der Waals surface area contributed by atoms with Gasteiger partial charge in [0, 0.05) is 40.2 Å². The zero-order chi connectivity index (χ0) is 23.0. The predicted molar refractivity (Wildman–Crippen MR) is 132 cm³/mol. The van der Waals surface area contributed by atoms with Crippen LogP contribution in [0.25, 0.3) is 43.3 Å². The van der Waals surface area contributed by atoms with E-state index in [1.807, 2.05) is 50.3 Å². The van der Waals surface area contributed by atoms with E-state index in [-0.39, 0.29) is 0 Å². The lowest BCUT2D eigenvalue weighted by Gasteiger charge is -2.18. The van der Waals surface area contributed by atoms with Crippen LogP contribution in [0.1, 0.15) is 52.4 Å². The van der Waals surface area contributed by atoms with E-state index in [1.54, 1.807) is 12.3 Å². The summed E-state index contributed by atoms with van der Waals surface area (Å²) in [6.45, 7) is 5.79. The fraction of sp³-hybridized carbons (Fsp3) is 0.321. The molecule has 0 saturated carbocycles. The molecule has 5 aromatic rings. The van der Waals surface area contributed by atoms with Gasteiger partial charge in [-0.15, -0.1) is 11.3 Å². The topological polar surface area (TPSA) is 26.0 Å². The molecule has 0 N–H and O–H groups in total. The van der Waals surface area contributed by atoms with Crippen LogP contribution in [0, 0.1) is 5.41 Å². The molecule has 0 bridgehead atoms. The molecule has 0 unspecified atom stereocenters. The van der Waals surface area contributed by atoms with Gasteiger partial charge in [0.15, 0.2) is 0 Å². The largest absolute Gasteiger partial charge is 0.455 e. The average Bonchev–Trinajstić information content (AvgIpc) is 3.36. The highest BCUT2D eigenvalue weighted by Crippen LogP contribution is 2.44. The second-order valence-electron chi connectivity index (χ2n) is 9.62. The smallest absolute Gasteiger partial charge is 0.144 e. The maximum atomic E-state index is 8.71. The molecule has 0 atom stereocenters. The summed E-state index contributed by atoms with van der Waals surface area (Å²) in [6.07, 6.45) is 5.06. The molecular weight excluding hydrogens is 398 g/mol. The van der Waals surface area contributed by atoms with Crippen LogP contribution in [0.2, 0.25) is 0 Å². The first kappa shape index (κ1) is 17.0. The summed E-state index contributed by atoms with van der Waals surface area (Å²) in [5.41, 5.74) is 5.06. The number of nitrogens with zero attached hydrogens (tertiary/aromatic N) is 1. The molecule has 0 saturated heterocycles. The molecule has 3 heterocycles. The number of rotatable bonds is 2. The van der Waals surface area contributed by atoms with Crippen molar-refractivity contribution in [3.8, 4) is 11.3 Å². The molecule has 2 aromatic carbocycles. The van der Waals surface area contributed by atoms with Gasteiger partial charge in [-0.2, -0.15) is 0 Å². The molecule has 0 spiro atoms. The van der Waals surface area contributed by atoms with Crippen LogP contribution in [0.5, 0.6) is 0 Å². The first-order valence-corrected chi connectivity index (χ1v) is 11.9. The Morgan fingerprint density at radius 2 is 1.87 bits per heavy atom. The summed E-state index contributed by atoms with van der Waals surface area (Å²) in [6, 6.07) is 14.3. The van der Waals surface area contributed by atoms with Crippen LogP contribution in [0.4, 0.5) is 0 Å². The molecule has 3 aromatic heterocycles. The monoisotopic (exact) mass is 427 g/mol. The van der Waals surface area contributed by atoms with Gasteiger partial charge in [-0.3, -0.25) is 4.98 Å². The van der Waals surface area contributed by atoms with E-state index in [4.69, 9.17) is 7.16 Å². The third-order valence-corrected chi connectivity index (χ3v) is 7.39. The third-order valence-electron chi connectivity index (χ3n) is 6.14. The first-order valence-electron chi connectivity index (χ1n) is 12.1. The highest BCUT2D eigenvalue weighted by molar-refractivity contribution is 7.19. The van der Waals surface area contributed by atoms with Crippen molar-refractivity contribution < 1.29 is 7.16 Å². The highest BCUT2D eigenvalue weighted by atomic mass is 32.1. The molecule has 6 rings (SSSR count). The van der Waals surface area contributed by atoms with Crippen LogP contribution in [0.15, 0.2) is 53.1 Å². The van der Waals surface area contributed by atoms with E-state index in [0.29, 0.717) is 5.56 Å². The van der Waals surface area contributed by atoms with E-state index < -0.39 is 11.8 Å². The lowest BCUT2D eigenvalue weighted by Crippen LogP contribution is -2.09.